The molecule has 0 rings (SSSR count). The quantitative estimate of drug-likeness (QED) is 0.0195. The van der Waals surface area contributed by atoms with Crippen molar-refractivity contribution in [2.24, 2.45) is 0 Å². The van der Waals surface area contributed by atoms with E-state index in [1.165, 1.54) is 231 Å². The SMILES string of the molecule is CC/C=C\C/C=C\C/C=C\C/C=C\C/C=C\C/C=C\C/C=C\C/C=C\C/C=C\C/C=C\C/C=C\C/C=C\CCCCC(=O)OC(COC(=O)CCCCCCCCCCCCCCCCCCCCCCCCCCCCCCC/C=C\CCCCCCCCCC)COC(OCC[N+](C)(C)C)C(=O)[O-]. The molecule has 0 aliphatic carbocycles. The molecule has 0 radical (unpaired) electrons. The second-order valence-electron chi connectivity index (χ2n) is 30.1. The van der Waals surface area contributed by atoms with Crippen molar-refractivity contribution in [1.82, 2.24) is 0 Å². The Labute approximate surface area is 648 Å². The van der Waals surface area contributed by atoms with E-state index in [-0.39, 0.29) is 38.6 Å². The van der Waals surface area contributed by atoms with Crippen molar-refractivity contribution in [1.29, 1.82) is 0 Å². The first-order valence-corrected chi connectivity index (χ1v) is 43.6. The number of aliphatic carboxylic acids is 1. The van der Waals surface area contributed by atoms with Gasteiger partial charge in [0.05, 0.1) is 40.3 Å². The molecule has 0 aliphatic heterocycles. The van der Waals surface area contributed by atoms with Crippen LogP contribution in [0.1, 0.15) is 373 Å². The van der Waals surface area contributed by atoms with Crippen molar-refractivity contribution in [3.05, 3.63) is 158 Å². The van der Waals surface area contributed by atoms with Gasteiger partial charge in [-0.2, -0.15) is 0 Å². The van der Waals surface area contributed by atoms with Crippen LogP contribution in [0.4, 0.5) is 0 Å². The van der Waals surface area contributed by atoms with Crippen LogP contribution in [0.15, 0.2) is 158 Å². The largest absolute Gasteiger partial charge is 0.545 e. The van der Waals surface area contributed by atoms with E-state index in [4.69, 9.17) is 18.9 Å². The van der Waals surface area contributed by atoms with Gasteiger partial charge in [0, 0.05) is 12.8 Å². The minimum Gasteiger partial charge on any atom is -0.545 e. The maximum Gasteiger partial charge on any atom is 0.306 e. The molecule has 0 saturated heterocycles. The molecule has 9 nitrogen and oxygen atoms in total. The van der Waals surface area contributed by atoms with Crippen molar-refractivity contribution in [3.63, 3.8) is 0 Å². The summed E-state index contributed by atoms with van der Waals surface area (Å²) in [5.74, 6) is -2.34. The first-order chi connectivity index (χ1) is 51.6. The summed E-state index contributed by atoms with van der Waals surface area (Å²) in [4.78, 5) is 37.6. The van der Waals surface area contributed by atoms with E-state index in [1.807, 2.05) is 21.1 Å². The number of carboxylic acid groups (broad SMARTS) is 1. The monoisotopic (exact) mass is 1460 g/mol. The van der Waals surface area contributed by atoms with Crippen molar-refractivity contribution in [2.75, 3.05) is 47.5 Å². The molecule has 105 heavy (non-hydrogen) atoms. The molecule has 0 fully saturated rings. The lowest BCUT2D eigenvalue weighted by Gasteiger charge is -2.26. The fourth-order valence-corrected chi connectivity index (χ4v) is 12.2. The lowest BCUT2D eigenvalue weighted by atomic mass is 10.0. The Morgan fingerprint density at radius 1 is 0.295 bits per heavy atom. The molecule has 0 aromatic heterocycles. The molecular formula is C96H163NO8. The summed E-state index contributed by atoms with van der Waals surface area (Å²) in [6.45, 7) is 4.61. The fourth-order valence-electron chi connectivity index (χ4n) is 12.2. The van der Waals surface area contributed by atoms with Crippen molar-refractivity contribution in [3.8, 4) is 0 Å². The third kappa shape index (κ3) is 86.0. The number of carbonyl (C=O) groups excluding carboxylic acids is 3. The van der Waals surface area contributed by atoms with Crippen molar-refractivity contribution < 1.29 is 42.9 Å². The summed E-state index contributed by atoms with van der Waals surface area (Å²) >= 11 is 0. The predicted molar refractivity (Wildman–Crippen MR) is 453 cm³/mol. The molecule has 9 heteroatoms. The van der Waals surface area contributed by atoms with Crippen LogP contribution < -0.4 is 5.11 Å². The maximum atomic E-state index is 13.0. The summed E-state index contributed by atoms with van der Waals surface area (Å²) in [6.07, 6.45) is 123. The number of rotatable bonds is 80. The Morgan fingerprint density at radius 3 is 0.838 bits per heavy atom. The number of quaternary nitrogens is 1. The maximum absolute atomic E-state index is 13.0. The minimum atomic E-state index is -1.64. The number of ether oxygens (including phenoxy) is 4. The van der Waals surface area contributed by atoms with Crippen LogP contribution >= 0.6 is 0 Å². The van der Waals surface area contributed by atoms with E-state index in [1.54, 1.807) is 0 Å². The van der Waals surface area contributed by atoms with Gasteiger partial charge in [-0.3, -0.25) is 9.59 Å². The summed E-state index contributed by atoms with van der Waals surface area (Å²) in [5.41, 5.74) is 0. The average Bonchev–Trinajstić information content (AvgIpc) is 1.97. The lowest BCUT2D eigenvalue weighted by Crippen LogP contribution is -2.44. The fraction of sp³-hybridized carbons (Fsp3) is 0.698. The standard InChI is InChI=1S/C96H163NO8/c1-6-8-10-12-14-16-18-20-22-24-26-28-30-32-34-36-38-40-42-44-46-47-49-50-52-54-56-58-60-62-64-66-68-70-72-74-76-78-80-82-84-86-93(98)103-90-92(91-104-96(95(100)101)102-89-88-97(3,4)5)105-94(99)87-85-83-81-79-77-75-73-71-69-67-65-63-61-59-57-55-53-51-48-45-43-41-39-37-35-33-31-29-27-25-23-21-19-17-15-13-11-9-7-2/h9,11,15,17,21,23-24,26-27,29,33,35,39,41,45,48,53,55,59,61,65,67,71,73,77,79,92,96H,6-8,10,12-14,16,18-20,22,25,28,30-32,34,36-38,40,42-44,46-47,49-52,54,56-58,60,62-64,66,68-70,72,74-76,78,80-91H2,1-5H3/b11-9-,17-15-,23-21-,26-24-,29-27-,35-33-,41-39-,48-45-,55-53-,61-59-,67-65-,73-71-,79-77-. The number of allylic oxidation sites excluding steroid dienone is 26. The number of carboxylic acids is 1. The van der Waals surface area contributed by atoms with E-state index < -0.39 is 24.3 Å². The number of carbonyl (C=O) groups is 3. The third-order valence-corrected chi connectivity index (χ3v) is 18.8. The number of hydrogen-bond donors (Lipinski definition) is 0. The summed E-state index contributed by atoms with van der Waals surface area (Å²) in [5, 5.41) is 11.9. The Bertz CT molecular complexity index is 2300. The van der Waals surface area contributed by atoms with Crippen molar-refractivity contribution in [2.45, 2.75) is 386 Å². The van der Waals surface area contributed by atoms with Crippen LogP contribution in [0.25, 0.3) is 0 Å². The summed E-state index contributed by atoms with van der Waals surface area (Å²) < 4.78 is 22.8. The molecule has 0 N–H and O–H groups in total. The van der Waals surface area contributed by atoms with Gasteiger partial charge in [0.15, 0.2) is 12.4 Å². The normalized spacial score (nSPS) is 13.4. The number of hydrogen-bond acceptors (Lipinski definition) is 8. The molecule has 2 unspecified atom stereocenters. The van der Waals surface area contributed by atoms with Gasteiger partial charge in [-0.25, -0.2) is 0 Å². The topological polar surface area (TPSA) is 111 Å². The molecule has 2 atom stereocenters. The molecule has 0 aliphatic rings. The van der Waals surface area contributed by atoms with Crippen LogP contribution in [-0.4, -0.2) is 82.3 Å². The van der Waals surface area contributed by atoms with Crippen LogP contribution in [-0.2, 0) is 33.3 Å². The average molecular weight is 1460 g/mol. The molecule has 0 aromatic carbocycles. The Kier molecular flexibility index (Phi) is 80.4. The van der Waals surface area contributed by atoms with Gasteiger partial charge in [-0.05, 0) is 128 Å². The second-order valence-corrected chi connectivity index (χ2v) is 30.1. The Hall–Kier alpha value is -5.09. The van der Waals surface area contributed by atoms with Crippen molar-refractivity contribution >= 4 is 17.9 Å². The lowest BCUT2D eigenvalue weighted by molar-refractivity contribution is -0.870. The van der Waals surface area contributed by atoms with E-state index in [9.17, 15) is 19.5 Å². The number of esters is 2. The molecule has 0 bridgehead atoms. The van der Waals surface area contributed by atoms with Gasteiger partial charge in [0.25, 0.3) is 0 Å². The van der Waals surface area contributed by atoms with Gasteiger partial charge in [-0.15, -0.1) is 0 Å². The van der Waals surface area contributed by atoms with E-state index in [2.05, 4.69) is 172 Å². The van der Waals surface area contributed by atoms with Crippen LogP contribution in [0, 0.1) is 0 Å². The predicted octanol–water partition coefficient (Wildman–Crippen LogP) is 27.4. The zero-order chi connectivity index (χ0) is 76.0. The molecule has 0 heterocycles. The van der Waals surface area contributed by atoms with E-state index in [0.29, 0.717) is 17.4 Å². The third-order valence-electron chi connectivity index (χ3n) is 18.8. The van der Waals surface area contributed by atoms with Gasteiger partial charge in [0.2, 0.25) is 0 Å². The molecule has 0 spiro atoms. The first-order valence-electron chi connectivity index (χ1n) is 43.6. The second kappa shape index (κ2) is 84.5. The highest BCUT2D eigenvalue weighted by molar-refractivity contribution is 5.70. The van der Waals surface area contributed by atoms with Crippen LogP contribution in [0.3, 0.4) is 0 Å². The first kappa shape index (κ1) is 99.9. The highest BCUT2D eigenvalue weighted by Crippen LogP contribution is 2.19. The molecule has 0 amide bonds. The molecular weight excluding hydrogens is 1300 g/mol. The smallest absolute Gasteiger partial charge is 0.306 e. The van der Waals surface area contributed by atoms with Gasteiger partial charge < -0.3 is 33.3 Å². The Balaban J connectivity index is 4.07. The zero-order valence-electron chi connectivity index (χ0n) is 68.8. The number of likely N-dealkylation sites (N-methyl/N-ethyl adjacent to an activating group) is 1. The molecule has 600 valence electrons. The van der Waals surface area contributed by atoms with Crippen LogP contribution in [0.5, 0.6) is 0 Å². The summed E-state index contributed by atoms with van der Waals surface area (Å²) in [7, 11) is 5.92. The van der Waals surface area contributed by atoms with Gasteiger partial charge >= 0.3 is 11.9 Å². The number of unbranched alkanes of at least 4 members (excludes halogenated alkanes) is 39. The van der Waals surface area contributed by atoms with Crippen LogP contribution in [0.2, 0.25) is 0 Å². The van der Waals surface area contributed by atoms with E-state index >= 15 is 0 Å². The van der Waals surface area contributed by atoms with Gasteiger partial charge in [-0.1, -0.05) is 390 Å². The van der Waals surface area contributed by atoms with E-state index in [0.717, 1.165) is 109 Å². The highest BCUT2D eigenvalue weighted by Gasteiger charge is 2.22. The number of nitrogens with zero attached hydrogens (tertiary/aromatic N) is 1. The molecule has 0 aromatic rings. The highest BCUT2D eigenvalue weighted by atomic mass is 16.7. The minimum absolute atomic E-state index is 0.133. The Morgan fingerprint density at radius 2 is 0.543 bits per heavy atom. The zero-order valence-corrected chi connectivity index (χ0v) is 68.8. The summed E-state index contributed by atoms with van der Waals surface area (Å²) in [6, 6.07) is 0. The molecule has 0 saturated carbocycles. The van der Waals surface area contributed by atoms with Gasteiger partial charge in [0.1, 0.15) is 13.2 Å².